The Morgan fingerprint density at radius 1 is 1.12 bits per heavy atom. The molecule has 0 aliphatic carbocycles. The van der Waals surface area contributed by atoms with Gasteiger partial charge in [-0.1, -0.05) is 18.2 Å². The van der Waals surface area contributed by atoms with Gasteiger partial charge in [0.1, 0.15) is 0 Å². The molecule has 2 rings (SSSR count). The second kappa shape index (κ2) is 5.77. The molecule has 17 heavy (non-hydrogen) atoms. The van der Waals surface area contributed by atoms with Gasteiger partial charge in [-0.3, -0.25) is 8.32 Å². The fraction of sp³-hybridized carbons (Fsp3) is 0.0769. The fourth-order valence-corrected chi connectivity index (χ4v) is 1.77. The summed E-state index contributed by atoms with van der Waals surface area (Å²) >= 11 is 1.85. The zero-order chi connectivity index (χ0) is 12.1. The summed E-state index contributed by atoms with van der Waals surface area (Å²) in [6.45, 7) is 0. The lowest BCUT2D eigenvalue weighted by Crippen LogP contribution is -2.28. The van der Waals surface area contributed by atoms with Gasteiger partial charge < -0.3 is 0 Å². The van der Waals surface area contributed by atoms with Gasteiger partial charge in [-0.2, -0.15) is 4.57 Å². The van der Waals surface area contributed by atoms with Crippen LogP contribution in [-0.2, 0) is 11.2 Å². The Balaban J connectivity index is 2.16. The van der Waals surface area contributed by atoms with Gasteiger partial charge in [0, 0.05) is 24.3 Å². The van der Waals surface area contributed by atoms with Crippen molar-refractivity contribution in [3.05, 3.63) is 60.4 Å². The molecule has 86 valence electrons. The Morgan fingerprint density at radius 3 is 2.35 bits per heavy atom. The molecule has 1 amide bonds. The van der Waals surface area contributed by atoms with Crippen molar-refractivity contribution in [2.45, 2.75) is 6.42 Å². The normalized spacial score (nSPS) is 9.94. The molecular formula is C13H12IN2O+. The Hall–Kier alpha value is -1.43. The van der Waals surface area contributed by atoms with E-state index in [2.05, 4.69) is 3.53 Å². The molecule has 0 aliphatic heterocycles. The first kappa shape index (κ1) is 12.0. The van der Waals surface area contributed by atoms with E-state index in [1.165, 1.54) is 0 Å². The molecule has 1 aromatic carbocycles. The van der Waals surface area contributed by atoms with Crippen LogP contribution in [0.2, 0.25) is 0 Å². The van der Waals surface area contributed by atoms with Crippen LogP contribution in [0.15, 0.2) is 54.9 Å². The van der Waals surface area contributed by atoms with E-state index >= 15 is 0 Å². The van der Waals surface area contributed by atoms with Crippen LogP contribution in [0.1, 0.15) is 5.56 Å². The molecule has 0 radical (unpaired) electrons. The van der Waals surface area contributed by atoms with Gasteiger partial charge >= 0.3 is 0 Å². The van der Waals surface area contributed by atoms with Gasteiger partial charge in [-0.25, -0.2) is 0 Å². The maximum absolute atomic E-state index is 11.2. The third-order valence-corrected chi connectivity index (χ3v) is 3.02. The van der Waals surface area contributed by atoms with Gasteiger partial charge in [0.25, 0.3) is 0 Å². The van der Waals surface area contributed by atoms with Crippen LogP contribution >= 0.6 is 22.9 Å². The third kappa shape index (κ3) is 3.26. The molecule has 1 heterocycles. The van der Waals surface area contributed by atoms with Gasteiger partial charge in [-0.05, 0) is 5.56 Å². The van der Waals surface area contributed by atoms with Crippen LogP contribution in [0.25, 0.3) is 5.69 Å². The Morgan fingerprint density at radius 2 is 1.76 bits per heavy atom. The minimum atomic E-state index is 0.0192. The first-order chi connectivity index (χ1) is 8.29. The molecule has 4 heteroatoms. The molecule has 0 aliphatic rings. The van der Waals surface area contributed by atoms with E-state index in [9.17, 15) is 4.79 Å². The summed E-state index contributed by atoms with van der Waals surface area (Å²) < 4.78 is 4.62. The highest BCUT2D eigenvalue weighted by atomic mass is 127. The minimum absolute atomic E-state index is 0.0192. The molecule has 3 nitrogen and oxygen atoms in total. The number of rotatable bonds is 3. The lowest BCUT2D eigenvalue weighted by atomic mass is 10.1. The lowest BCUT2D eigenvalue weighted by molar-refractivity contribution is -0.595. The zero-order valence-corrected chi connectivity index (χ0v) is 11.3. The molecule has 0 unspecified atom stereocenters. The number of hydrogen-bond donors (Lipinski definition) is 1. The Bertz CT molecular complexity index is 497. The monoisotopic (exact) mass is 339 g/mol. The predicted octanol–water partition coefficient (Wildman–Crippen LogP) is 1.97. The number of hydrogen-bond acceptors (Lipinski definition) is 1. The van der Waals surface area contributed by atoms with Crippen molar-refractivity contribution in [2.24, 2.45) is 0 Å². The number of carbonyl (C=O) groups excluding carboxylic acids is 1. The minimum Gasteiger partial charge on any atom is -0.299 e. The van der Waals surface area contributed by atoms with Crippen molar-refractivity contribution in [3.63, 3.8) is 0 Å². The average molecular weight is 339 g/mol. The van der Waals surface area contributed by atoms with Gasteiger partial charge in [0.05, 0.1) is 29.3 Å². The zero-order valence-electron chi connectivity index (χ0n) is 9.14. The van der Waals surface area contributed by atoms with E-state index in [0.29, 0.717) is 6.42 Å². The van der Waals surface area contributed by atoms with E-state index in [1.807, 2.05) is 82.3 Å². The van der Waals surface area contributed by atoms with E-state index < -0.39 is 0 Å². The summed E-state index contributed by atoms with van der Waals surface area (Å²) in [5.74, 6) is 0.0192. The lowest BCUT2D eigenvalue weighted by Gasteiger charge is -2.00. The first-order valence-electron chi connectivity index (χ1n) is 5.24. The van der Waals surface area contributed by atoms with Crippen molar-refractivity contribution in [3.8, 4) is 5.69 Å². The van der Waals surface area contributed by atoms with E-state index in [4.69, 9.17) is 0 Å². The summed E-state index contributed by atoms with van der Waals surface area (Å²) in [6.07, 6.45) is 4.40. The molecule has 0 bridgehead atoms. The Labute approximate surface area is 114 Å². The molecule has 0 saturated heterocycles. The van der Waals surface area contributed by atoms with Crippen molar-refractivity contribution in [2.75, 3.05) is 0 Å². The molecule has 0 fully saturated rings. The number of nitrogens with zero attached hydrogens (tertiary/aromatic N) is 1. The second-order valence-electron chi connectivity index (χ2n) is 3.64. The number of aromatic nitrogens is 1. The van der Waals surface area contributed by atoms with Crippen molar-refractivity contribution in [1.82, 2.24) is 3.53 Å². The highest BCUT2D eigenvalue weighted by molar-refractivity contribution is 14.1. The number of pyridine rings is 1. The average Bonchev–Trinajstić information content (AvgIpc) is 2.40. The Kier molecular flexibility index (Phi) is 4.08. The van der Waals surface area contributed by atoms with Gasteiger partial charge in [0.2, 0.25) is 11.6 Å². The van der Waals surface area contributed by atoms with Gasteiger partial charge in [-0.15, -0.1) is 0 Å². The molecule has 1 aromatic heterocycles. The van der Waals surface area contributed by atoms with Crippen LogP contribution in [0, 0.1) is 0 Å². The molecule has 2 aromatic rings. The molecule has 0 atom stereocenters. The van der Waals surface area contributed by atoms with Gasteiger partial charge in [0.15, 0.2) is 12.4 Å². The smallest absolute Gasteiger partial charge is 0.233 e. The maximum Gasteiger partial charge on any atom is 0.233 e. The van der Waals surface area contributed by atoms with Crippen LogP contribution in [0.4, 0.5) is 0 Å². The number of halogens is 1. The summed E-state index contributed by atoms with van der Waals surface area (Å²) in [6, 6.07) is 13.9. The number of benzene rings is 1. The largest absolute Gasteiger partial charge is 0.299 e. The summed E-state index contributed by atoms with van der Waals surface area (Å²) in [4.78, 5) is 11.2. The van der Waals surface area contributed by atoms with E-state index in [-0.39, 0.29) is 5.91 Å². The maximum atomic E-state index is 11.2. The summed E-state index contributed by atoms with van der Waals surface area (Å²) in [5.41, 5.74) is 2.10. The number of amides is 1. The molecule has 1 N–H and O–H groups in total. The number of carbonyl (C=O) groups is 1. The highest BCUT2D eigenvalue weighted by Crippen LogP contribution is 2.05. The quantitative estimate of drug-likeness (QED) is 0.518. The van der Waals surface area contributed by atoms with Crippen LogP contribution in [0.5, 0.6) is 0 Å². The summed E-state index contributed by atoms with van der Waals surface area (Å²) in [7, 11) is 0. The second-order valence-corrected chi connectivity index (χ2v) is 4.18. The van der Waals surface area contributed by atoms with Crippen LogP contribution < -0.4 is 8.10 Å². The van der Waals surface area contributed by atoms with Crippen molar-refractivity contribution < 1.29 is 9.36 Å². The third-order valence-electron chi connectivity index (χ3n) is 2.42. The van der Waals surface area contributed by atoms with E-state index in [0.717, 1.165) is 11.3 Å². The molecule has 0 saturated carbocycles. The SMILES string of the molecule is O=C(Cc1ccc(-[n+]2ccccc2)cc1)NI. The standard InChI is InChI=1S/C13H11IN2O/c14-15-13(17)10-11-4-6-12(7-5-11)16-8-2-1-3-9-16/h1-9H,10H2/p+1. The van der Waals surface area contributed by atoms with Crippen LogP contribution in [-0.4, -0.2) is 5.91 Å². The summed E-state index contributed by atoms with van der Waals surface area (Å²) in [5, 5.41) is 0. The topological polar surface area (TPSA) is 33.0 Å². The van der Waals surface area contributed by atoms with Crippen LogP contribution in [0.3, 0.4) is 0 Å². The molecule has 0 spiro atoms. The predicted molar refractivity (Wildman–Crippen MR) is 73.8 cm³/mol. The van der Waals surface area contributed by atoms with Crippen molar-refractivity contribution >= 4 is 28.8 Å². The first-order valence-corrected chi connectivity index (χ1v) is 6.32. The number of nitrogens with one attached hydrogen (secondary N) is 1. The van der Waals surface area contributed by atoms with E-state index in [1.54, 1.807) is 0 Å². The van der Waals surface area contributed by atoms with Crippen molar-refractivity contribution in [1.29, 1.82) is 0 Å². The fourth-order valence-electron chi connectivity index (χ4n) is 1.58. The molecular weight excluding hydrogens is 327 g/mol. The highest BCUT2D eigenvalue weighted by Gasteiger charge is 2.05.